The van der Waals surface area contributed by atoms with Crippen molar-refractivity contribution >= 4 is 11.8 Å². The molecule has 1 aliphatic carbocycles. The maximum absolute atomic E-state index is 14.1. The van der Waals surface area contributed by atoms with Crippen LogP contribution in [0.2, 0.25) is 0 Å². The summed E-state index contributed by atoms with van der Waals surface area (Å²) in [5.41, 5.74) is 1.67. The number of nitrogens with zero attached hydrogens (tertiary/aromatic N) is 2. The zero-order valence-electron chi connectivity index (χ0n) is 21.9. The smallest absolute Gasteiger partial charge is 0.250 e. The van der Waals surface area contributed by atoms with E-state index in [0.29, 0.717) is 18.0 Å². The van der Waals surface area contributed by atoms with Crippen LogP contribution in [0.3, 0.4) is 0 Å². The lowest BCUT2D eigenvalue weighted by atomic mass is 9.96. The summed E-state index contributed by atoms with van der Waals surface area (Å²) in [6, 6.07) is 12.6. The molecule has 2 aromatic rings. The summed E-state index contributed by atoms with van der Waals surface area (Å²) in [6.45, 7) is 4.38. The molecule has 0 spiro atoms. The molecular weight excluding hydrogens is 456 g/mol. The van der Waals surface area contributed by atoms with Gasteiger partial charge in [0, 0.05) is 12.6 Å². The van der Waals surface area contributed by atoms with Crippen molar-refractivity contribution < 1.29 is 23.8 Å². The van der Waals surface area contributed by atoms with Crippen LogP contribution in [-0.4, -0.2) is 54.5 Å². The lowest BCUT2D eigenvalue weighted by Gasteiger charge is -2.43. The zero-order valence-corrected chi connectivity index (χ0v) is 21.9. The Morgan fingerprint density at radius 3 is 2.19 bits per heavy atom. The van der Waals surface area contributed by atoms with Gasteiger partial charge in [0.15, 0.2) is 11.5 Å². The first-order valence-corrected chi connectivity index (χ1v) is 13.0. The Labute approximate surface area is 214 Å². The number of carbonyl (C=O) groups is 2. The normalized spacial score (nSPS) is 19.4. The Morgan fingerprint density at radius 2 is 1.58 bits per heavy atom. The summed E-state index contributed by atoms with van der Waals surface area (Å²) in [4.78, 5) is 31.2. The highest BCUT2D eigenvalue weighted by molar-refractivity contribution is 5.96. The van der Waals surface area contributed by atoms with Crippen molar-refractivity contribution in [1.82, 2.24) is 9.80 Å². The molecule has 2 fully saturated rings. The van der Waals surface area contributed by atoms with Gasteiger partial charge in [-0.25, -0.2) is 0 Å². The molecule has 2 aliphatic rings. The number of hydrogen-bond acceptors (Lipinski definition) is 5. The molecule has 1 saturated carbocycles. The van der Waals surface area contributed by atoms with Crippen LogP contribution in [0, 0.1) is 0 Å². The third kappa shape index (κ3) is 5.77. The molecule has 1 saturated heterocycles. The van der Waals surface area contributed by atoms with Crippen LogP contribution in [0.15, 0.2) is 42.5 Å². The first-order valence-electron chi connectivity index (χ1n) is 13.0. The van der Waals surface area contributed by atoms with Crippen molar-refractivity contribution in [3.63, 3.8) is 0 Å². The van der Waals surface area contributed by atoms with E-state index in [-0.39, 0.29) is 30.5 Å². The molecular formula is C29H38N2O5. The summed E-state index contributed by atoms with van der Waals surface area (Å²) >= 11 is 0. The second-order valence-corrected chi connectivity index (χ2v) is 9.96. The molecule has 0 unspecified atom stereocenters. The minimum absolute atomic E-state index is 0.0139. The highest BCUT2D eigenvalue weighted by atomic mass is 16.5. The van der Waals surface area contributed by atoms with E-state index in [9.17, 15) is 9.59 Å². The van der Waals surface area contributed by atoms with Gasteiger partial charge in [0.05, 0.1) is 20.3 Å². The van der Waals surface area contributed by atoms with Crippen molar-refractivity contribution in [3.8, 4) is 17.2 Å². The number of piperazine rings is 1. The highest BCUT2D eigenvalue weighted by Crippen LogP contribution is 2.37. The predicted octanol–water partition coefficient (Wildman–Crippen LogP) is 5.13. The predicted molar refractivity (Wildman–Crippen MR) is 138 cm³/mol. The second-order valence-electron chi connectivity index (χ2n) is 9.96. The molecule has 0 aromatic heterocycles. The summed E-state index contributed by atoms with van der Waals surface area (Å²) in [5, 5.41) is 0. The van der Waals surface area contributed by atoms with E-state index >= 15 is 0 Å². The number of amides is 2. The van der Waals surface area contributed by atoms with Gasteiger partial charge in [-0.2, -0.15) is 0 Å². The minimum Gasteiger partial charge on any atom is -0.497 e. The number of ether oxygens (including phenoxy) is 3. The van der Waals surface area contributed by atoms with Crippen molar-refractivity contribution in [3.05, 3.63) is 53.6 Å². The first kappa shape index (κ1) is 25.9. The SMILES string of the molecule is COc1ccc(CN2C(=O)CN(C3CCCCCC3)C(=O)[C@H]2c2ccc(OC(C)C)c(OC)c2)cc1. The van der Waals surface area contributed by atoms with Gasteiger partial charge in [0.1, 0.15) is 18.3 Å². The number of carbonyl (C=O) groups excluding carboxylic acids is 2. The molecule has 1 heterocycles. The van der Waals surface area contributed by atoms with Gasteiger partial charge in [-0.15, -0.1) is 0 Å². The van der Waals surface area contributed by atoms with Crippen LogP contribution in [0.4, 0.5) is 0 Å². The average molecular weight is 495 g/mol. The van der Waals surface area contributed by atoms with Crippen molar-refractivity contribution in [1.29, 1.82) is 0 Å². The van der Waals surface area contributed by atoms with E-state index < -0.39 is 6.04 Å². The van der Waals surface area contributed by atoms with Gasteiger partial charge < -0.3 is 24.0 Å². The fourth-order valence-electron chi connectivity index (χ4n) is 5.26. The topological polar surface area (TPSA) is 68.3 Å². The maximum atomic E-state index is 14.1. The Hall–Kier alpha value is -3.22. The number of hydrogen-bond donors (Lipinski definition) is 0. The highest BCUT2D eigenvalue weighted by Gasteiger charge is 2.43. The Bertz CT molecular complexity index is 1040. The molecule has 1 atom stereocenters. The van der Waals surface area contributed by atoms with E-state index in [1.165, 1.54) is 12.8 Å². The van der Waals surface area contributed by atoms with Crippen LogP contribution >= 0.6 is 0 Å². The molecule has 0 bridgehead atoms. The van der Waals surface area contributed by atoms with Gasteiger partial charge in [0.25, 0.3) is 5.91 Å². The lowest BCUT2D eigenvalue weighted by molar-refractivity contribution is -0.159. The average Bonchev–Trinajstić information content (AvgIpc) is 3.16. The maximum Gasteiger partial charge on any atom is 0.250 e. The van der Waals surface area contributed by atoms with Crippen LogP contribution in [0.5, 0.6) is 17.2 Å². The second kappa shape index (κ2) is 11.7. The number of rotatable bonds is 8. The fourth-order valence-corrected chi connectivity index (χ4v) is 5.26. The molecule has 2 aromatic carbocycles. The largest absolute Gasteiger partial charge is 0.497 e. The van der Waals surface area contributed by atoms with E-state index in [1.54, 1.807) is 19.1 Å². The first-order chi connectivity index (χ1) is 17.4. The van der Waals surface area contributed by atoms with Gasteiger partial charge in [0.2, 0.25) is 5.91 Å². The minimum atomic E-state index is -0.724. The molecule has 36 heavy (non-hydrogen) atoms. The molecule has 0 N–H and O–H groups in total. The van der Waals surface area contributed by atoms with Crippen LogP contribution in [0.1, 0.15) is 69.5 Å². The standard InChI is InChI=1S/C29H38N2O5/c1-20(2)36-25-16-13-22(17-26(25)35-4)28-29(33)30(23-9-7-5-6-8-10-23)19-27(32)31(28)18-21-11-14-24(34-3)15-12-21/h11-17,20,23,28H,5-10,18-19H2,1-4H3/t28-/m1/s1. The van der Waals surface area contributed by atoms with Gasteiger partial charge in [-0.3, -0.25) is 9.59 Å². The van der Waals surface area contributed by atoms with Gasteiger partial charge in [-0.1, -0.05) is 43.9 Å². The Balaban J connectivity index is 1.70. The molecule has 1 aliphatic heterocycles. The van der Waals surface area contributed by atoms with Crippen molar-refractivity contribution in [2.75, 3.05) is 20.8 Å². The van der Waals surface area contributed by atoms with E-state index in [1.807, 2.05) is 61.2 Å². The number of benzene rings is 2. The molecule has 7 nitrogen and oxygen atoms in total. The van der Waals surface area contributed by atoms with E-state index in [2.05, 4.69) is 0 Å². The fraction of sp³-hybridized carbons (Fsp3) is 0.517. The lowest BCUT2D eigenvalue weighted by Crippen LogP contribution is -2.57. The summed E-state index contributed by atoms with van der Waals surface area (Å²) in [6.07, 6.45) is 6.46. The zero-order chi connectivity index (χ0) is 25.7. The van der Waals surface area contributed by atoms with Crippen LogP contribution < -0.4 is 14.2 Å². The molecule has 0 radical (unpaired) electrons. The van der Waals surface area contributed by atoms with Gasteiger partial charge in [-0.05, 0) is 62.1 Å². The Morgan fingerprint density at radius 1 is 0.889 bits per heavy atom. The van der Waals surface area contributed by atoms with Gasteiger partial charge >= 0.3 is 0 Å². The number of methoxy groups -OCH3 is 2. The third-order valence-electron chi connectivity index (χ3n) is 7.10. The molecule has 194 valence electrons. The molecule has 2 amide bonds. The van der Waals surface area contributed by atoms with Crippen molar-refractivity contribution in [2.24, 2.45) is 0 Å². The molecule has 7 heteroatoms. The van der Waals surface area contributed by atoms with Crippen LogP contribution in [0.25, 0.3) is 0 Å². The molecule has 4 rings (SSSR count). The van der Waals surface area contributed by atoms with Crippen LogP contribution in [-0.2, 0) is 16.1 Å². The summed E-state index contributed by atoms with van der Waals surface area (Å²) in [7, 11) is 3.22. The third-order valence-corrected chi connectivity index (χ3v) is 7.10. The quantitative estimate of drug-likeness (QED) is 0.476. The van der Waals surface area contributed by atoms with E-state index in [0.717, 1.165) is 42.6 Å². The van der Waals surface area contributed by atoms with Crippen molar-refractivity contribution in [2.45, 2.75) is 77.1 Å². The summed E-state index contributed by atoms with van der Waals surface area (Å²) < 4.78 is 16.8. The summed E-state index contributed by atoms with van der Waals surface area (Å²) in [5.74, 6) is 1.86. The monoisotopic (exact) mass is 494 g/mol. The van der Waals surface area contributed by atoms with E-state index in [4.69, 9.17) is 14.2 Å². The Kier molecular flexibility index (Phi) is 8.39.